The van der Waals surface area contributed by atoms with E-state index >= 15 is 0 Å². The van der Waals surface area contributed by atoms with Crippen LogP contribution in [0.2, 0.25) is 0 Å². The van der Waals surface area contributed by atoms with Crippen molar-refractivity contribution in [3.63, 3.8) is 0 Å². The third-order valence-electron chi connectivity index (χ3n) is 3.67. The number of nitrogens with one attached hydrogen (secondary N) is 1. The molecule has 0 aliphatic heterocycles. The largest absolute Gasteiger partial charge is 0.352 e. The molecule has 0 bridgehead atoms. The predicted molar refractivity (Wildman–Crippen MR) is 64.8 cm³/mol. The van der Waals surface area contributed by atoms with Crippen LogP contribution in [0.3, 0.4) is 0 Å². The van der Waals surface area contributed by atoms with Crippen LogP contribution in [0.25, 0.3) is 0 Å². The smallest absolute Gasteiger partial charge is 0.240 e. The number of carbonyl (C=O) groups is 1. The van der Waals surface area contributed by atoms with E-state index in [1.807, 2.05) is 6.92 Å². The summed E-state index contributed by atoms with van der Waals surface area (Å²) in [6, 6.07) is 0.446. The van der Waals surface area contributed by atoms with E-state index in [9.17, 15) is 4.79 Å². The molecule has 4 nitrogen and oxygen atoms in total. The molecule has 1 heterocycles. The van der Waals surface area contributed by atoms with Crippen molar-refractivity contribution in [3.05, 3.63) is 17.2 Å². The molecular formula is C13H19N3O. The average Bonchev–Trinajstić information content (AvgIpc) is 3.05. The minimum Gasteiger partial charge on any atom is -0.352 e. The van der Waals surface area contributed by atoms with Crippen LogP contribution < -0.4 is 5.32 Å². The normalized spacial score (nSPS) is 18.9. The second-order valence-corrected chi connectivity index (χ2v) is 5.19. The predicted octanol–water partition coefficient (Wildman–Crippen LogP) is 1.35. The summed E-state index contributed by atoms with van der Waals surface area (Å²) < 4.78 is 2.10. The Hall–Kier alpha value is -1.32. The van der Waals surface area contributed by atoms with Gasteiger partial charge in [0.25, 0.3) is 0 Å². The molecule has 0 atom stereocenters. The molecule has 1 saturated carbocycles. The van der Waals surface area contributed by atoms with Crippen molar-refractivity contribution in [2.75, 3.05) is 0 Å². The van der Waals surface area contributed by atoms with Crippen molar-refractivity contribution in [2.24, 2.45) is 0 Å². The first-order chi connectivity index (χ1) is 8.24. The lowest BCUT2D eigenvalue weighted by Gasteiger charge is -2.14. The lowest BCUT2D eigenvalue weighted by molar-refractivity contribution is -0.121. The quantitative estimate of drug-likeness (QED) is 0.856. The molecular weight excluding hydrogens is 214 g/mol. The zero-order valence-electron chi connectivity index (χ0n) is 10.3. The molecule has 0 saturated heterocycles. The third-order valence-corrected chi connectivity index (χ3v) is 3.67. The molecule has 0 unspecified atom stereocenters. The first-order valence-corrected chi connectivity index (χ1v) is 6.58. The zero-order chi connectivity index (χ0) is 11.8. The van der Waals surface area contributed by atoms with Gasteiger partial charge >= 0.3 is 0 Å². The molecule has 1 aromatic rings. The van der Waals surface area contributed by atoms with E-state index in [2.05, 4.69) is 14.9 Å². The van der Waals surface area contributed by atoms with E-state index < -0.39 is 0 Å². The lowest BCUT2D eigenvalue weighted by Crippen LogP contribution is -2.30. The Bertz CT molecular complexity index is 446. The van der Waals surface area contributed by atoms with Gasteiger partial charge in [0.05, 0.1) is 5.69 Å². The van der Waals surface area contributed by atoms with Gasteiger partial charge < -0.3 is 9.88 Å². The molecule has 0 radical (unpaired) electrons. The molecule has 2 aliphatic rings. The summed E-state index contributed by atoms with van der Waals surface area (Å²) in [5.74, 6) is 1.13. The highest BCUT2D eigenvalue weighted by atomic mass is 16.2. The van der Waals surface area contributed by atoms with Gasteiger partial charge in [0, 0.05) is 11.7 Å². The molecule has 1 amide bonds. The number of aromatic nitrogens is 2. The van der Waals surface area contributed by atoms with Gasteiger partial charge in [0.1, 0.15) is 12.4 Å². The number of rotatable bonds is 3. The number of hydrogen-bond donors (Lipinski definition) is 1. The Morgan fingerprint density at radius 2 is 2.18 bits per heavy atom. The summed E-state index contributed by atoms with van der Waals surface area (Å²) in [4.78, 5) is 16.4. The Kier molecular flexibility index (Phi) is 2.65. The van der Waals surface area contributed by atoms with Crippen LogP contribution in [-0.2, 0) is 24.2 Å². The summed E-state index contributed by atoms with van der Waals surface area (Å²) in [7, 11) is 0. The number of aryl methyl sites for hydroxylation is 2. The minimum absolute atomic E-state index is 0.140. The Labute approximate surface area is 101 Å². The minimum atomic E-state index is 0.140. The maximum Gasteiger partial charge on any atom is 0.240 e. The van der Waals surface area contributed by atoms with E-state index in [0.29, 0.717) is 12.6 Å². The second-order valence-electron chi connectivity index (χ2n) is 5.19. The van der Waals surface area contributed by atoms with Crippen LogP contribution in [0.15, 0.2) is 0 Å². The van der Waals surface area contributed by atoms with Crippen LogP contribution in [0.4, 0.5) is 0 Å². The van der Waals surface area contributed by atoms with Crippen LogP contribution in [0, 0.1) is 6.92 Å². The highest BCUT2D eigenvalue weighted by molar-refractivity contribution is 5.76. The first kappa shape index (κ1) is 10.8. The van der Waals surface area contributed by atoms with E-state index in [4.69, 9.17) is 0 Å². The molecule has 4 heteroatoms. The Balaban J connectivity index is 1.76. The number of imidazole rings is 1. The summed E-state index contributed by atoms with van der Waals surface area (Å²) in [6.07, 6.45) is 6.90. The highest BCUT2D eigenvalue weighted by Gasteiger charge is 2.25. The average molecular weight is 233 g/mol. The molecule has 3 rings (SSSR count). The maximum atomic E-state index is 11.8. The van der Waals surface area contributed by atoms with Crippen LogP contribution in [0.1, 0.15) is 42.9 Å². The van der Waals surface area contributed by atoms with Gasteiger partial charge in [-0.15, -0.1) is 0 Å². The van der Waals surface area contributed by atoms with Gasteiger partial charge in [0.2, 0.25) is 5.91 Å². The second kappa shape index (κ2) is 4.17. The van der Waals surface area contributed by atoms with Gasteiger partial charge in [-0.25, -0.2) is 4.98 Å². The molecule has 17 heavy (non-hydrogen) atoms. The number of amides is 1. The summed E-state index contributed by atoms with van der Waals surface area (Å²) >= 11 is 0. The molecule has 0 spiro atoms. The summed E-state index contributed by atoms with van der Waals surface area (Å²) in [6.45, 7) is 2.45. The van der Waals surface area contributed by atoms with Gasteiger partial charge in [-0.1, -0.05) is 0 Å². The lowest BCUT2D eigenvalue weighted by atomic mass is 10.0. The number of hydrogen-bond acceptors (Lipinski definition) is 2. The maximum absolute atomic E-state index is 11.8. The van der Waals surface area contributed by atoms with Gasteiger partial charge in [0.15, 0.2) is 0 Å². The van der Waals surface area contributed by atoms with Crippen molar-refractivity contribution in [2.45, 2.75) is 58.0 Å². The van der Waals surface area contributed by atoms with Crippen LogP contribution in [0.5, 0.6) is 0 Å². The van der Waals surface area contributed by atoms with Crippen LogP contribution in [-0.4, -0.2) is 21.5 Å². The molecule has 2 aliphatic carbocycles. The van der Waals surface area contributed by atoms with Gasteiger partial charge in [-0.05, 0) is 45.4 Å². The highest BCUT2D eigenvalue weighted by Crippen LogP contribution is 2.22. The standard InChI is InChI=1S/C13H19N3O/c1-9-14-11-4-2-3-5-12(11)16(9)8-13(17)15-10-6-7-10/h10H,2-8H2,1H3,(H,15,17). The molecule has 1 fully saturated rings. The number of nitrogens with zero attached hydrogens (tertiary/aromatic N) is 2. The van der Waals surface area contributed by atoms with Crippen molar-refractivity contribution in [1.82, 2.24) is 14.9 Å². The van der Waals surface area contributed by atoms with Gasteiger partial charge in [-0.3, -0.25) is 4.79 Å². The van der Waals surface area contributed by atoms with Gasteiger partial charge in [-0.2, -0.15) is 0 Å². The Morgan fingerprint density at radius 1 is 1.41 bits per heavy atom. The fraction of sp³-hybridized carbons (Fsp3) is 0.692. The SMILES string of the molecule is Cc1nc2c(n1CC(=O)NC1CC1)CCCC2. The van der Waals surface area contributed by atoms with Crippen LogP contribution >= 0.6 is 0 Å². The molecule has 1 N–H and O–H groups in total. The van der Waals surface area contributed by atoms with Crippen molar-refractivity contribution in [3.8, 4) is 0 Å². The fourth-order valence-corrected chi connectivity index (χ4v) is 2.59. The first-order valence-electron chi connectivity index (χ1n) is 6.58. The summed E-state index contributed by atoms with van der Waals surface area (Å²) in [5.41, 5.74) is 2.51. The van der Waals surface area contributed by atoms with Crippen molar-refractivity contribution < 1.29 is 4.79 Å². The summed E-state index contributed by atoms with van der Waals surface area (Å²) in [5, 5.41) is 3.04. The zero-order valence-corrected chi connectivity index (χ0v) is 10.3. The molecule has 1 aromatic heterocycles. The van der Waals surface area contributed by atoms with E-state index in [0.717, 1.165) is 31.5 Å². The van der Waals surface area contributed by atoms with E-state index in [1.165, 1.54) is 24.2 Å². The number of fused-ring (bicyclic) bond motifs is 1. The third kappa shape index (κ3) is 2.21. The van der Waals surface area contributed by atoms with E-state index in [1.54, 1.807) is 0 Å². The van der Waals surface area contributed by atoms with Crippen molar-refractivity contribution >= 4 is 5.91 Å². The molecule has 92 valence electrons. The topological polar surface area (TPSA) is 46.9 Å². The monoisotopic (exact) mass is 233 g/mol. The Morgan fingerprint density at radius 3 is 2.94 bits per heavy atom. The van der Waals surface area contributed by atoms with Crippen molar-refractivity contribution in [1.29, 1.82) is 0 Å². The fourth-order valence-electron chi connectivity index (χ4n) is 2.59. The molecule has 0 aromatic carbocycles. The number of carbonyl (C=O) groups excluding carboxylic acids is 1. The van der Waals surface area contributed by atoms with E-state index in [-0.39, 0.29) is 5.91 Å².